The molecule has 0 bridgehead atoms. The number of benzene rings is 2. The van der Waals surface area contributed by atoms with E-state index in [0.717, 1.165) is 40.2 Å². The Morgan fingerprint density at radius 2 is 1.83 bits per heavy atom. The number of aromatic nitrogens is 3. The van der Waals surface area contributed by atoms with E-state index in [-0.39, 0.29) is 5.91 Å². The zero-order valence-corrected chi connectivity index (χ0v) is 17.4. The van der Waals surface area contributed by atoms with Gasteiger partial charge in [0.25, 0.3) is 0 Å². The van der Waals surface area contributed by atoms with Crippen LogP contribution in [0.5, 0.6) is 0 Å². The van der Waals surface area contributed by atoms with Gasteiger partial charge in [-0.25, -0.2) is 4.68 Å². The van der Waals surface area contributed by atoms with E-state index in [1.165, 1.54) is 0 Å². The van der Waals surface area contributed by atoms with Crippen LogP contribution in [0.3, 0.4) is 0 Å². The third-order valence-corrected chi connectivity index (χ3v) is 5.88. The molecule has 2 heterocycles. The Balaban J connectivity index is 2.00. The van der Waals surface area contributed by atoms with Crippen molar-refractivity contribution >= 4 is 11.6 Å². The van der Waals surface area contributed by atoms with Gasteiger partial charge in [0, 0.05) is 18.2 Å². The predicted molar refractivity (Wildman–Crippen MR) is 116 cm³/mol. The van der Waals surface area contributed by atoms with E-state index in [0.29, 0.717) is 6.54 Å². The largest absolute Gasteiger partial charge is 0.307 e. The van der Waals surface area contributed by atoms with Crippen molar-refractivity contribution in [1.82, 2.24) is 15.0 Å². The minimum absolute atomic E-state index is 0.0962. The zero-order chi connectivity index (χ0) is 20.6. The lowest BCUT2D eigenvalue weighted by Crippen LogP contribution is -2.41. The molecule has 0 aliphatic carbocycles. The second-order valence-electron chi connectivity index (χ2n) is 7.75. The molecule has 29 heavy (non-hydrogen) atoms. The highest BCUT2D eigenvalue weighted by atomic mass is 16.2. The van der Waals surface area contributed by atoms with E-state index in [1.807, 2.05) is 74.3 Å². The van der Waals surface area contributed by atoms with Crippen molar-refractivity contribution in [3.05, 3.63) is 66.2 Å². The number of hydrogen-bond acceptors (Lipinski definition) is 3. The Bertz CT molecular complexity index is 1100. The number of allylic oxidation sites excluding steroid dienone is 1. The van der Waals surface area contributed by atoms with Crippen molar-refractivity contribution in [3.63, 3.8) is 0 Å². The smallest absolute Gasteiger partial charge is 0.237 e. The fourth-order valence-corrected chi connectivity index (χ4v) is 4.09. The number of carbonyl (C=O) groups excluding carboxylic acids is 1. The Morgan fingerprint density at radius 3 is 2.55 bits per heavy atom. The van der Waals surface area contributed by atoms with Gasteiger partial charge in [0.05, 0.1) is 23.3 Å². The van der Waals surface area contributed by atoms with Crippen LogP contribution in [0.1, 0.15) is 32.8 Å². The van der Waals surface area contributed by atoms with Gasteiger partial charge in [-0.15, -0.1) is 5.10 Å². The number of anilines is 1. The second kappa shape index (κ2) is 7.32. The number of hydrogen-bond donors (Lipinski definition) is 0. The maximum Gasteiger partial charge on any atom is 0.237 e. The van der Waals surface area contributed by atoms with Crippen LogP contribution < -0.4 is 4.90 Å². The highest BCUT2D eigenvalue weighted by Gasteiger charge is 2.36. The first-order chi connectivity index (χ1) is 14.0. The van der Waals surface area contributed by atoms with Crippen molar-refractivity contribution in [2.24, 2.45) is 12.5 Å². The number of para-hydroxylation sites is 1. The van der Waals surface area contributed by atoms with E-state index >= 15 is 0 Å². The standard InChI is InChI=1S/C24H26N4O/c1-5-15-24(3,6-2)23(29)28-16-17-11-7-8-12-18(17)21-22(27(4)26-25-21)19-13-9-10-14-20(19)28/h5,7-15H,6,16H2,1-4H3/b15-5-. The fraction of sp³-hybridized carbons (Fsp3) is 0.292. The highest BCUT2D eigenvalue weighted by molar-refractivity contribution is 6.03. The Morgan fingerprint density at radius 1 is 1.14 bits per heavy atom. The molecule has 1 amide bonds. The molecule has 2 aromatic carbocycles. The summed E-state index contributed by atoms with van der Waals surface area (Å²) >= 11 is 0. The summed E-state index contributed by atoms with van der Waals surface area (Å²) in [5.41, 5.74) is 5.16. The lowest BCUT2D eigenvalue weighted by atomic mass is 9.84. The average molecular weight is 386 g/mol. The molecular weight excluding hydrogens is 360 g/mol. The van der Waals surface area contributed by atoms with Crippen LogP contribution in [-0.4, -0.2) is 20.9 Å². The summed E-state index contributed by atoms with van der Waals surface area (Å²) in [5.74, 6) is 0.0962. The lowest BCUT2D eigenvalue weighted by Gasteiger charge is -2.34. The molecule has 1 aliphatic heterocycles. The summed E-state index contributed by atoms with van der Waals surface area (Å²) in [5, 5.41) is 8.76. The van der Waals surface area contributed by atoms with E-state index in [1.54, 1.807) is 4.68 Å². The second-order valence-corrected chi connectivity index (χ2v) is 7.75. The summed E-state index contributed by atoms with van der Waals surface area (Å²) in [6.45, 7) is 6.53. The van der Waals surface area contributed by atoms with Crippen molar-refractivity contribution in [1.29, 1.82) is 0 Å². The molecule has 1 aliphatic rings. The maximum atomic E-state index is 13.9. The molecular formula is C24H26N4O. The Kier molecular flexibility index (Phi) is 4.82. The van der Waals surface area contributed by atoms with Crippen molar-refractivity contribution in [2.45, 2.75) is 33.7 Å². The first-order valence-corrected chi connectivity index (χ1v) is 10.0. The number of nitrogens with zero attached hydrogens (tertiary/aromatic N) is 4. The van der Waals surface area contributed by atoms with Gasteiger partial charge in [-0.3, -0.25) is 4.79 Å². The molecule has 0 N–H and O–H groups in total. The van der Waals surface area contributed by atoms with Gasteiger partial charge in [-0.05, 0) is 31.9 Å². The summed E-state index contributed by atoms with van der Waals surface area (Å²) in [6, 6.07) is 16.2. The molecule has 0 saturated heterocycles. The van der Waals surface area contributed by atoms with Gasteiger partial charge in [-0.2, -0.15) is 0 Å². The van der Waals surface area contributed by atoms with Crippen molar-refractivity contribution in [3.8, 4) is 22.5 Å². The molecule has 5 heteroatoms. The zero-order valence-electron chi connectivity index (χ0n) is 17.4. The van der Waals surface area contributed by atoms with Crippen LogP contribution in [0.2, 0.25) is 0 Å². The molecule has 148 valence electrons. The van der Waals surface area contributed by atoms with Gasteiger partial charge in [0.15, 0.2) is 0 Å². The molecule has 0 fully saturated rings. The van der Waals surface area contributed by atoms with Crippen molar-refractivity contribution in [2.75, 3.05) is 4.90 Å². The molecule has 1 aromatic heterocycles. The number of aryl methyl sites for hydroxylation is 1. The van der Waals surface area contributed by atoms with Crippen LogP contribution in [0.25, 0.3) is 22.5 Å². The summed E-state index contributed by atoms with van der Waals surface area (Å²) in [6.07, 6.45) is 4.71. The van der Waals surface area contributed by atoms with Gasteiger partial charge in [0.2, 0.25) is 5.91 Å². The topological polar surface area (TPSA) is 51.0 Å². The van der Waals surface area contributed by atoms with E-state index in [2.05, 4.69) is 29.4 Å². The maximum absolute atomic E-state index is 13.9. The summed E-state index contributed by atoms with van der Waals surface area (Å²) in [4.78, 5) is 15.8. The molecule has 1 atom stereocenters. The highest BCUT2D eigenvalue weighted by Crippen LogP contribution is 2.42. The minimum atomic E-state index is -0.566. The van der Waals surface area contributed by atoms with Crippen LogP contribution >= 0.6 is 0 Å². The monoisotopic (exact) mass is 386 g/mol. The quantitative estimate of drug-likeness (QED) is 0.596. The van der Waals surface area contributed by atoms with Gasteiger partial charge >= 0.3 is 0 Å². The van der Waals surface area contributed by atoms with Crippen LogP contribution in [0.15, 0.2) is 60.7 Å². The van der Waals surface area contributed by atoms with E-state index in [4.69, 9.17) is 0 Å². The van der Waals surface area contributed by atoms with Crippen molar-refractivity contribution < 1.29 is 4.79 Å². The van der Waals surface area contributed by atoms with Crippen LogP contribution in [0.4, 0.5) is 5.69 Å². The lowest BCUT2D eigenvalue weighted by molar-refractivity contribution is -0.125. The molecule has 4 rings (SSSR count). The van der Waals surface area contributed by atoms with Gasteiger partial charge in [-0.1, -0.05) is 66.8 Å². The van der Waals surface area contributed by atoms with Gasteiger partial charge in [0.1, 0.15) is 5.69 Å². The number of fused-ring (bicyclic) bond motifs is 5. The first kappa shape index (κ1) is 19.1. The number of amides is 1. The normalized spacial score (nSPS) is 15.1. The minimum Gasteiger partial charge on any atom is -0.307 e. The molecule has 0 radical (unpaired) electrons. The summed E-state index contributed by atoms with van der Waals surface area (Å²) in [7, 11) is 1.90. The van der Waals surface area contributed by atoms with E-state index < -0.39 is 5.41 Å². The van der Waals surface area contributed by atoms with Gasteiger partial charge < -0.3 is 4.90 Å². The fourth-order valence-electron chi connectivity index (χ4n) is 4.09. The summed E-state index contributed by atoms with van der Waals surface area (Å²) < 4.78 is 1.80. The molecule has 3 aromatic rings. The SMILES string of the molecule is C/C=C\C(C)(CC)C(=O)N1Cc2ccccc2-c2nnn(C)c2-c2ccccc21. The molecule has 1 unspecified atom stereocenters. The number of rotatable bonds is 3. The molecule has 0 saturated carbocycles. The molecule has 0 spiro atoms. The van der Waals surface area contributed by atoms with E-state index in [9.17, 15) is 4.79 Å². The predicted octanol–water partition coefficient (Wildman–Crippen LogP) is 4.99. The van der Waals surface area contributed by atoms with Crippen LogP contribution in [0, 0.1) is 5.41 Å². The number of carbonyl (C=O) groups is 1. The third-order valence-electron chi connectivity index (χ3n) is 5.88. The Hall–Kier alpha value is -3.21. The third kappa shape index (κ3) is 3.07. The van der Waals surface area contributed by atoms with Crippen LogP contribution in [-0.2, 0) is 18.4 Å². The average Bonchev–Trinajstić information content (AvgIpc) is 3.11. The molecule has 5 nitrogen and oxygen atoms in total. The first-order valence-electron chi connectivity index (χ1n) is 10.0. The Labute approximate surface area is 171 Å².